The highest BCUT2D eigenvalue weighted by Gasteiger charge is 2.15. The van der Waals surface area contributed by atoms with Crippen molar-refractivity contribution in [1.29, 1.82) is 0 Å². The molecule has 2 heterocycles. The number of hydrogen-bond acceptors (Lipinski definition) is 7. The zero-order chi connectivity index (χ0) is 20.5. The van der Waals surface area contributed by atoms with E-state index < -0.39 is 10.0 Å². The minimum absolute atomic E-state index is 0.0442. The Morgan fingerprint density at radius 3 is 2.50 bits per heavy atom. The number of rotatable bonds is 6. The number of nitrogens with zero attached hydrogens (tertiary/aromatic N) is 2. The number of aromatic nitrogens is 2. The van der Waals surface area contributed by atoms with Crippen molar-refractivity contribution in [3.8, 4) is 0 Å². The van der Waals surface area contributed by atoms with Gasteiger partial charge in [-0.3, -0.25) is 4.79 Å². The maximum absolute atomic E-state index is 12.2. The van der Waals surface area contributed by atoms with Crippen LogP contribution in [0.5, 0.6) is 0 Å². The van der Waals surface area contributed by atoms with E-state index in [2.05, 4.69) is 22.2 Å². The van der Waals surface area contributed by atoms with Crippen LogP contribution in [0.2, 0.25) is 0 Å². The molecule has 10 heteroatoms. The fourth-order valence-electron chi connectivity index (χ4n) is 2.60. The van der Waals surface area contributed by atoms with Gasteiger partial charge in [0.05, 0.1) is 10.6 Å². The number of amides is 1. The van der Waals surface area contributed by atoms with Crippen LogP contribution >= 0.6 is 23.1 Å². The second-order valence-electron chi connectivity index (χ2n) is 6.29. The van der Waals surface area contributed by atoms with Gasteiger partial charge in [0, 0.05) is 16.8 Å². The molecule has 28 heavy (non-hydrogen) atoms. The van der Waals surface area contributed by atoms with Crippen LogP contribution in [0, 0.1) is 20.8 Å². The topological polar surface area (TPSA) is 115 Å². The Hall–Kier alpha value is -2.01. The van der Waals surface area contributed by atoms with Gasteiger partial charge in [-0.25, -0.2) is 23.5 Å². The van der Waals surface area contributed by atoms with Gasteiger partial charge in [0.1, 0.15) is 15.7 Å². The molecule has 1 aromatic carbocycles. The largest absolute Gasteiger partial charge is 0.351 e. The van der Waals surface area contributed by atoms with Gasteiger partial charge in [0.15, 0.2) is 0 Å². The average molecular weight is 437 g/mol. The molecule has 3 rings (SSSR count). The molecule has 0 aliphatic rings. The molecule has 0 fully saturated rings. The molecule has 0 unspecified atom stereocenters. The maximum atomic E-state index is 12.2. The summed E-state index contributed by atoms with van der Waals surface area (Å²) in [6.07, 6.45) is 0. The first-order valence-corrected chi connectivity index (χ1v) is 11.8. The number of sulfonamides is 1. The number of primary sulfonamides is 1. The highest BCUT2D eigenvalue weighted by molar-refractivity contribution is 8.00. The number of carbonyl (C=O) groups excluding carboxylic acids is 1. The molecule has 1 amide bonds. The number of fused-ring (bicyclic) bond motifs is 1. The molecule has 7 nitrogen and oxygen atoms in total. The van der Waals surface area contributed by atoms with Gasteiger partial charge in [-0.1, -0.05) is 23.9 Å². The quantitative estimate of drug-likeness (QED) is 0.453. The van der Waals surface area contributed by atoms with Crippen LogP contribution in [0.3, 0.4) is 0 Å². The Labute approximate surface area is 171 Å². The van der Waals surface area contributed by atoms with Crippen LogP contribution < -0.4 is 10.5 Å². The number of hydrogen-bond donors (Lipinski definition) is 2. The minimum atomic E-state index is -3.72. The van der Waals surface area contributed by atoms with Crippen molar-refractivity contribution < 1.29 is 13.2 Å². The van der Waals surface area contributed by atoms with Gasteiger partial charge < -0.3 is 5.32 Å². The van der Waals surface area contributed by atoms with E-state index in [0.29, 0.717) is 12.4 Å². The smallest absolute Gasteiger partial charge is 0.238 e. The maximum Gasteiger partial charge on any atom is 0.238 e. The lowest BCUT2D eigenvalue weighted by atomic mass is 10.2. The van der Waals surface area contributed by atoms with E-state index in [-0.39, 0.29) is 16.6 Å². The summed E-state index contributed by atoms with van der Waals surface area (Å²) in [5.74, 6) is 0.788. The number of aryl methyl sites for hydroxylation is 3. The van der Waals surface area contributed by atoms with Crippen molar-refractivity contribution in [1.82, 2.24) is 15.3 Å². The number of carbonyl (C=O) groups is 1. The summed E-state index contributed by atoms with van der Waals surface area (Å²) in [5.41, 5.74) is 1.94. The van der Waals surface area contributed by atoms with Crippen molar-refractivity contribution in [3.63, 3.8) is 0 Å². The van der Waals surface area contributed by atoms with Crippen molar-refractivity contribution in [2.24, 2.45) is 5.14 Å². The summed E-state index contributed by atoms with van der Waals surface area (Å²) < 4.78 is 22.5. The first-order valence-electron chi connectivity index (χ1n) is 8.40. The summed E-state index contributed by atoms with van der Waals surface area (Å²) in [4.78, 5) is 23.4. The number of nitrogens with one attached hydrogen (secondary N) is 1. The molecular weight excluding hydrogens is 416 g/mol. The van der Waals surface area contributed by atoms with Gasteiger partial charge in [0.2, 0.25) is 15.9 Å². The molecule has 0 spiro atoms. The summed E-state index contributed by atoms with van der Waals surface area (Å²) >= 11 is 3.02. The molecule has 0 bridgehead atoms. The zero-order valence-corrected chi connectivity index (χ0v) is 18.1. The fourth-order valence-corrected chi connectivity index (χ4v) is 5.22. The number of benzene rings is 1. The lowest BCUT2D eigenvalue weighted by Gasteiger charge is -2.07. The Morgan fingerprint density at radius 1 is 1.18 bits per heavy atom. The first-order chi connectivity index (χ1) is 13.1. The Kier molecular flexibility index (Phi) is 6.04. The summed E-state index contributed by atoms with van der Waals surface area (Å²) in [5, 5.41) is 9.74. The van der Waals surface area contributed by atoms with Crippen molar-refractivity contribution in [2.45, 2.75) is 37.2 Å². The summed E-state index contributed by atoms with van der Waals surface area (Å²) in [6, 6.07) is 6.10. The van der Waals surface area contributed by atoms with E-state index >= 15 is 0 Å². The molecule has 0 saturated heterocycles. The second kappa shape index (κ2) is 8.16. The van der Waals surface area contributed by atoms with E-state index in [1.54, 1.807) is 23.5 Å². The third-order valence-electron chi connectivity index (χ3n) is 4.19. The number of thiophene rings is 1. The van der Waals surface area contributed by atoms with Crippen LogP contribution in [0.4, 0.5) is 0 Å². The molecule has 0 aliphatic heterocycles. The first kappa shape index (κ1) is 20.7. The lowest BCUT2D eigenvalue weighted by molar-refractivity contribution is -0.118. The standard InChI is InChI=1S/C18H20N4O3S3/c1-10-11(2)27-18-16(10)17(21-12(3)22-18)26-9-15(23)20-8-13-4-6-14(7-5-13)28(19,24)25/h4-7H,8-9H2,1-3H3,(H,20,23)(H2,19,24,25). The average Bonchev–Trinajstić information content (AvgIpc) is 2.91. The SMILES string of the molecule is Cc1nc(SCC(=O)NCc2ccc(S(N)(=O)=O)cc2)c2c(C)c(C)sc2n1. The van der Waals surface area contributed by atoms with Crippen LogP contribution in [0.15, 0.2) is 34.2 Å². The molecule has 148 valence electrons. The van der Waals surface area contributed by atoms with E-state index in [0.717, 1.165) is 26.4 Å². The third-order valence-corrected chi connectivity index (χ3v) is 7.19. The zero-order valence-electron chi connectivity index (χ0n) is 15.6. The van der Waals surface area contributed by atoms with Gasteiger partial charge in [0.25, 0.3) is 0 Å². The van der Waals surface area contributed by atoms with E-state index in [4.69, 9.17) is 5.14 Å². The predicted molar refractivity (Wildman–Crippen MR) is 112 cm³/mol. The monoisotopic (exact) mass is 436 g/mol. The van der Waals surface area contributed by atoms with E-state index in [1.807, 2.05) is 13.8 Å². The molecule has 0 aliphatic carbocycles. The molecule has 3 aromatic rings. The minimum Gasteiger partial charge on any atom is -0.351 e. The van der Waals surface area contributed by atoms with Crippen LogP contribution in [0.25, 0.3) is 10.2 Å². The van der Waals surface area contributed by atoms with Gasteiger partial charge >= 0.3 is 0 Å². The van der Waals surface area contributed by atoms with Crippen molar-refractivity contribution in [2.75, 3.05) is 5.75 Å². The Morgan fingerprint density at radius 2 is 1.86 bits per heavy atom. The third kappa shape index (κ3) is 4.69. The van der Waals surface area contributed by atoms with E-state index in [1.165, 1.54) is 28.8 Å². The second-order valence-corrected chi connectivity index (χ2v) is 10.0. The molecule has 0 saturated carbocycles. The normalized spacial score (nSPS) is 11.7. The van der Waals surface area contributed by atoms with Gasteiger partial charge in [-0.15, -0.1) is 11.3 Å². The predicted octanol–water partition coefficient (Wildman–Crippen LogP) is 2.67. The van der Waals surface area contributed by atoms with Crippen LogP contribution in [0.1, 0.15) is 21.8 Å². The highest BCUT2D eigenvalue weighted by atomic mass is 32.2. The highest BCUT2D eigenvalue weighted by Crippen LogP contribution is 2.34. The summed E-state index contributed by atoms with van der Waals surface area (Å²) in [7, 11) is -3.72. The fraction of sp³-hybridized carbons (Fsp3) is 0.278. The molecular formula is C18H20N4O3S3. The lowest BCUT2D eigenvalue weighted by Crippen LogP contribution is -2.24. The molecule has 0 radical (unpaired) electrons. The number of nitrogens with two attached hydrogens (primary N) is 1. The van der Waals surface area contributed by atoms with Crippen molar-refractivity contribution >= 4 is 49.2 Å². The van der Waals surface area contributed by atoms with E-state index in [9.17, 15) is 13.2 Å². The molecule has 3 N–H and O–H groups in total. The molecule has 2 aromatic heterocycles. The summed E-state index contributed by atoms with van der Waals surface area (Å²) in [6.45, 7) is 6.25. The Balaban J connectivity index is 1.63. The number of thioether (sulfide) groups is 1. The molecule has 0 atom stereocenters. The van der Waals surface area contributed by atoms with Crippen LogP contribution in [-0.4, -0.2) is 30.0 Å². The Bertz CT molecular complexity index is 1140. The van der Waals surface area contributed by atoms with Gasteiger partial charge in [-0.05, 0) is 44.0 Å². The van der Waals surface area contributed by atoms with Gasteiger partial charge in [-0.2, -0.15) is 0 Å². The van der Waals surface area contributed by atoms with Crippen LogP contribution in [-0.2, 0) is 21.4 Å². The van der Waals surface area contributed by atoms with Crippen molar-refractivity contribution in [3.05, 3.63) is 46.1 Å².